The van der Waals surface area contributed by atoms with Gasteiger partial charge in [-0.25, -0.2) is 13.2 Å². The van der Waals surface area contributed by atoms with Crippen molar-refractivity contribution in [1.29, 1.82) is 0 Å². The molecule has 1 atom stereocenters. The van der Waals surface area contributed by atoms with Gasteiger partial charge in [0.15, 0.2) is 9.84 Å². The number of hydrogen-bond donors (Lipinski definition) is 2. The van der Waals surface area contributed by atoms with E-state index in [1.165, 1.54) is 0 Å². The Kier molecular flexibility index (Phi) is 4.17. The van der Waals surface area contributed by atoms with Crippen LogP contribution in [0.4, 0.5) is 11.4 Å². The second-order valence-corrected chi connectivity index (χ2v) is 6.96. The van der Waals surface area contributed by atoms with Crippen molar-refractivity contribution >= 4 is 27.2 Å². The smallest absolute Gasteiger partial charge is 0.340 e. The highest BCUT2D eigenvalue weighted by atomic mass is 32.2. The molecule has 1 fully saturated rings. The number of esters is 1. The molecule has 3 N–H and O–H groups in total. The summed E-state index contributed by atoms with van der Waals surface area (Å²) in [6.07, 6.45) is 0.547. The minimum absolute atomic E-state index is 0.0933. The van der Waals surface area contributed by atoms with Crippen LogP contribution < -0.4 is 11.1 Å². The summed E-state index contributed by atoms with van der Waals surface area (Å²) in [7, 11) is -2.96. The van der Waals surface area contributed by atoms with Crippen LogP contribution in [0.1, 0.15) is 23.7 Å². The Morgan fingerprint density at radius 1 is 1.50 bits per heavy atom. The Morgan fingerprint density at radius 2 is 2.25 bits per heavy atom. The predicted octanol–water partition coefficient (Wildman–Crippen LogP) is 1.04. The summed E-state index contributed by atoms with van der Waals surface area (Å²) >= 11 is 0. The number of nitrogen functional groups attached to an aromatic ring is 1. The first kappa shape index (κ1) is 14.6. The Hall–Kier alpha value is -1.76. The number of hydrogen-bond acceptors (Lipinski definition) is 6. The maximum atomic E-state index is 11.7. The molecule has 1 aliphatic heterocycles. The zero-order valence-electron chi connectivity index (χ0n) is 11.3. The Bertz CT molecular complexity index is 613. The Labute approximate surface area is 118 Å². The van der Waals surface area contributed by atoms with E-state index in [1.54, 1.807) is 25.1 Å². The molecular weight excluding hydrogens is 280 g/mol. The molecule has 2 rings (SSSR count). The third-order valence-corrected chi connectivity index (χ3v) is 4.96. The third-order valence-electron chi connectivity index (χ3n) is 3.19. The van der Waals surface area contributed by atoms with Crippen molar-refractivity contribution in [3.8, 4) is 0 Å². The minimum Gasteiger partial charge on any atom is -0.462 e. The van der Waals surface area contributed by atoms with Gasteiger partial charge in [-0.15, -0.1) is 0 Å². The predicted molar refractivity (Wildman–Crippen MR) is 77.5 cm³/mol. The summed E-state index contributed by atoms with van der Waals surface area (Å²) in [5.41, 5.74) is 7.09. The summed E-state index contributed by atoms with van der Waals surface area (Å²) < 4.78 is 27.8. The molecule has 20 heavy (non-hydrogen) atoms. The van der Waals surface area contributed by atoms with Gasteiger partial charge >= 0.3 is 5.97 Å². The van der Waals surface area contributed by atoms with Gasteiger partial charge in [0.2, 0.25) is 0 Å². The van der Waals surface area contributed by atoms with Crippen LogP contribution >= 0.6 is 0 Å². The van der Waals surface area contributed by atoms with Gasteiger partial charge in [-0.2, -0.15) is 0 Å². The van der Waals surface area contributed by atoms with Crippen molar-refractivity contribution in [1.82, 2.24) is 0 Å². The number of ether oxygens (including phenoxy) is 1. The summed E-state index contributed by atoms with van der Waals surface area (Å²) in [6, 6.07) is 4.83. The molecule has 7 heteroatoms. The van der Waals surface area contributed by atoms with Crippen LogP contribution in [0.2, 0.25) is 0 Å². The summed E-state index contributed by atoms with van der Waals surface area (Å²) in [6.45, 7) is 2.00. The van der Waals surface area contributed by atoms with E-state index in [4.69, 9.17) is 10.5 Å². The molecule has 1 aliphatic rings. The van der Waals surface area contributed by atoms with Gasteiger partial charge in [0.1, 0.15) is 0 Å². The molecule has 0 spiro atoms. The molecule has 1 saturated heterocycles. The van der Waals surface area contributed by atoms with Gasteiger partial charge in [-0.3, -0.25) is 0 Å². The second kappa shape index (κ2) is 5.70. The quantitative estimate of drug-likeness (QED) is 0.636. The van der Waals surface area contributed by atoms with Gasteiger partial charge in [0, 0.05) is 6.04 Å². The molecule has 110 valence electrons. The fraction of sp³-hybridized carbons (Fsp3) is 0.462. The number of nitrogens with one attached hydrogen (secondary N) is 1. The van der Waals surface area contributed by atoms with E-state index in [1.807, 2.05) is 0 Å². The van der Waals surface area contributed by atoms with E-state index in [9.17, 15) is 13.2 Å². The van der Waals surface area contributed by atoms with E-state index >= 15 is 0 Å². The molecule has 0 saturated carbocycles. The van der Waals surface area contributed by atoms with Crippen molar-refractivity contribution in [3.05, 3.63) is 23.8 Å². The first-order chi connectivity index (χ1) is 9.43. The number of para-hydroxylation sites is 1. The second-order valence-electron chi connectivity index (χ2n) is 4.73. The zero-order valence-corrected chi connectivity index (χ0v) is 12.1. The molecule has 6 nitrogen and oxygen atoms in total. The van der Waals surface area contributed by atoms with Crippen molar-refractivity contribution in [2.75, 3.05) is 29.2 Å². The average Bonchev–Trinajstić information content (AvgIpc) is 2.71. The van der Waals surface area contributed by atoms with Gasteiger partial charge < -0.3 is 15.8 Å². The molecule has 0 amide bonds. The highest BCUT2D eigenvalue weighted by Gasteiger charge is 2.28. The molecule has 1 aromatic carbocycles. The molecule has 1 unspecified atom stereocenters. The highest BCUT2D eigenvalue weighted by Crippen LogP contribution is 2.26. The van der Waals surface area contributed by atoms with Gasteiger partial charge in [0.25, 0.3) is 0 Å². The number of carbonyl (C=O) groups is 1. The van der Waals surface area contributed by atoms with E-state index in [-0.39, 0.29) is 35.4 Å². The standard InChI is InChI=1S/C13H18N2O4S/c1-2-19-13(16)10-4-3-5-11(12(10)14)15-9-6-7-20(17,18)8-9/h3-5,9,15H,2,6-8,14H2,1H3. The van der Waals surface area contributed by atoms with Gasteiger partial charge in [-0.1, -0.05) is 6.07 Å². The SMILES string of the molecule is CCOC(=O)c1cccc(NC2CCS(=O)(=O)C2)c1N. The third kappa shape index (κ3) is 3.22. The zero-order chi connectivity index (χ0) is 14.8. The molecule has 1 heterocycles. The van der Waals surface area contributed by atoms with Crippen LogP contribution in [0, 0.1) is 0 Å². The summed E-state index contributed by atoms with van der Waals surface area (Å²) in [5, 5.41) is 3.09. The number of sulfone groups is 1. The fourth-order valence-corrected chi connectivity index (χ4v) is 3.88. The van der Waals surface area contributed by atoms with Crippen molar-refractivity contribution in [2.45, 2.75) is 19.4 Å². The Morgan fingerprint density at radius 3 is 2.85 bits per heavy atom. The lowest BCUT2D eigenvalue weighted by atomic mass is 10.1. The average molecular weight is 298 g/mol. The first-order valence-corrected chi connectivity index (χ1v) is 8.27. The first-order valence-electron chi connectivity index (χ1n) is 6.45. The van der Waals surface area contributed by atoms with Crippen LogP contribution in [-0.4, -0.2) is 38.5 Å². The van der Waals surface area contributed by atoms with Gasteiger partial charge in [-0.05, 0) is 25.5 Å². The number of benzene rings is 1. The van der Waals surface area contributed by atoms with Crippen molar-refractivity contribution in [3.63, 3.8) is 0 Å². The van der Waals surface area contributed by atoms with Crippen LogP contribution in [0.5, 0.6) is 0 Å². The van der Waals surface area contributed by atoms with E-state index in [2.05, 4.69) is 5.32 Å². The maximum absolute atomic E-state index is 11.7. The van der Waals surface area contributed by atoms with Crippen molar-refractivity contribution < 1.29 is 17.9 Å². The van der Waals surface area contributed by atoms with Crippen LogP contribution in [0.25, 0.3) is 0 Å². The molecule has 1 aromatic rings. The maximum Gasteiger partial charge on any atom is 0.340 e. The van der Waals surface area contributed by atoms with Crippen LogP contribution in [-0.2, 0) is 14.6 Å². The molecule has 0 radical (unpaired) electrons. The molecule has 0 aliphatic carbocycles. The largest absolute Gasteiger partial charge is 0.462 e. The Balaban J connectivity index is 2.17. The number of anilines is 2. The van der Waals surface area contributed by atoms with Crippen molar-refractivity contribution in [2.24, 2.45) is 0 Å². The lowest BCUT2D eigenvalue weighted by Gasteiger charge is -2.16. The minimum atomic E-state index is -2.96. The van der Waals surface area contributed by atoms with E-state index in [0.717, 1.165) is 0 Å². The fourth-order valence-electron chi connectivity index (χ4n) is 2.21. The number of rotatable bonds is 4. The van der Waals surface area contributed by atoms with E-state index < -0.39 is 15.8 Å². The molecular formula is C13H18N2O4S. The van der Waals surface area contributed by atoms with Crippen LogP contribution in [0.3, 0.4) is 0 Å². The van der Waals surface area contributed by atoms with E-state index in [0.29, 0.717) is 12.1 Å². The topological polar surface area (TPSA) is 98.5 Å². The molecule has 0 aromatic heterocycles. The monoisotopic (exact) mass is 298 g/mol. The number of carbonyl (C=O) groups excluding carboxylic acids is 1. The highest BCUT2D eigenvalue weighted by molar-refractivity contribution is 7.91. The van der Waals surface area contributed by atoms with Crippen LogP contribution in [0.15, 0.2) is 18.2 Å². The molecule has 0 bridgehead atoms. The summed E-state index contributed by atoms with van der Waals surface area (Å²) in [4.78, 5) is 11.7. The number of nitrogens with two attached hydrogens (primary N) is 1. The summed E-state index contributed by atoms with van der Waals surface area (Å²) in [5.74, 6) is -0.203. The lowest BCUT2D eigenvalue weighted by molar-refractivity contribution is 0.0527. The lowest BCUT2D eigenvalue weighted by Crippen LogP contribution is -2.22. The van der Waals surface area contributed by atoms with Gasteiger partial charge in [0.05, 0.1) is 35.1 Å². The normalized spacial score (nSPS) is 20.6.